The second-order valence-electron chi connectivity index (χ2n) is 3.81. The van der Waals surface area contributed by atoms with E-state index >= 15 is 0 Å². The Balaban J connectivity index is 2.21. The number of hydrogen-bond donors (Lipinski definition) is 1. The highest BCUT2D eigenvalue weighted by molar-refractivity contribution is 7.10. The van der Waals surface area contributed by atoms with Crippen LogP contribution in [0.2, 0.25) is 5.02 Å². The number of aryl methyl sites for hydroxylation is 1. The molecule has 84 valence electrons. The topological polar surface area (TPSA) is 12.0 Å². The highest BCUT2D eigenvalue weighted by Gasteiger charge is 2.09. The molecule has 0 amide bonds. The van der Waals surface area contributed by atoms with Gasteiger partial charge in [-0.15, -0.1) is 11.3 Å². The maximum atomic E-state index is 6.18. The Kier molecular flexibility index (Phi) is 3.52. The van der Waals surface area contributed by atoms with Gasteiger partial charge in [0, 0.05) is 4.88 Å². The van der Waals surface area contributed by atoms with Crippen molar-refractivity contribution in [3.05, 3.63) is 51.2 Å². The van der Waals surface area contributed by atoms with Crippen LogP contribution >= 0.6 is 22.9 Å². The third kappa shape index (κ3) is 2.39. The molecule has 0 aliphatic carbocycles. The first-order chi connectivity index (χ1) is 7.68. The van der Waals surface area contributed by atoms with E-state index in [9.17, 15) is 0 Å². The summed E-state index contributed by atoms with van der Waals surface area (Å²) in [6, 6.07) is 10.4. The van der Waals surface area contributed by atoms with E-state index in [0.717, 1.165) is 10.7 Å². The van der Waals surface area contributed by atoms with Crippen LogP contribution in [0.25, 0.3) is 0 Å². The molecule has 1 aromatic carbocycles. The molecule has 16 heavy (non-hydrogen) atoms. The Labute approximate surface area is 105 Å². The number of hydrogen-bond acceptors (Lipinski definition) is 2. The van der Waals surface area contributed by atoms with Gasteiger partial charge in [-0.25, -0.2) is 0 Å². The van der Waals surface area contributed by atoms with Crippen molar-refractivity contribution in [3.8, 4) is 0 Å². The lowest BCUT2D eigenvalue weighted by Crippen LogP contribution is -2.06. The van der Waals surface area contributed by atoms with Gasteiger partial charge < -0.3 is 5.32 Å². The van der Waals surface area contributed by atoms with Crippen molar-refractivity contribution in [2.45, 2.75) is 19.9 Å². The summed E-state index contributed by atoms with van der Waals surface area (Å²) in [7, 11) is 0. The van der Waals surface area contributed by atoms with Crippen molar-refractivity contribution in [1.82, 2.24) is 0 Å². The summed E-state index contributed by atoms with van der Waals surface area (Å²) in [6.07, 6.45) is 0. The fraction of sp³-hybridized carbons (Fsp3) is 0.231. The fourth-order valence-electron chi connectivity index (χ4n) is 1.64. The zero-order chi connectivity index (χ0) is 11.5. The van der Waals surface area contributed by atoms with Crippen LogP contribution < -0.4 is 5.32 Å². The van der Waals surface area contributed by atoms with E-state index in [4.69, 9.17) is 11.6 Å². The molecule has 1 heterocycles. The van der Waals surface area contributed by atoms with Gasteiger partial charge in [0.1, 0.15) is 0 Å². The predicted octanol–water partition coefficient (Wildman–Crippen LogP) is 4.88. The average molecular weight is 252 g/mol. The number of benzene rings is 1. The highest BCUT2D eigenvalue weighted by atomic mass is 35.5. The minimum absolute atomic E-state index is 0.290. The maximum Gasteiger partial charge on any atom is 0.0640 e. The van der Waals surface area contributed by atoms with Gasteiger partial charge in [-0.05, 0) is 36.9 Å². The summed E-state index contributed by atoms with van der Waals surface area (Å²) in [5.41, 5.74) is 2.21. The molecule has 0 aliphatic heterocycles. The SMILES string of the molecule is Cc1cccc(Cl)c1NC(C)c1cccs1. The molecule has 1 nitrogen and oxygen atoms in total. The number of halogens is 1. The van der Waals surface area contributed by atoms with Gasteiger partial charge in [0.05, 0.1) is 16.8 Å². The lowest BCUT2D eigenvalue weighted by Gasteiger charge is -2.17. The molecule has 0 spiro atoms. The standard InChI is InChI=1S/C13H14ClNS/c1-9-5-3-6-11(14)13(9)15-10(2)12-7-4-8-16-12/h3-8,10,15H,1-2H3. The van der Waals surface area contributed by atoms with Crippen LogP contribution in [0.5, 0.6) is 0 Å². The van der Waals surface area contributed by atoms with Crippen molar-refractivity contribution >= 4 is 28.6 Å². The van der Waals surface area contributed by atoms with Crippen LogP contribution in [0.3, 0.4) is 0 Å². The minimum Gasteiger partial charge on any atom is -0.376 e. The third-order valence-corrected chi connectivity index (χ3v) is 3.92. The monoisotopic (exact) mass is 251 g/mol. The van der Waals surface area contributed by atoms with E-state index in [0.29, 0.717) is 6.04 Å². The molecule has 0 fully saturated rings. The van der Waals surface area contributed by atoms with Gasteiger partial charge in [-0.3, -0.25) is 0 Å². The minimum atomic E-state index is 0.290. The Morgan fingerprint density at radius 2 is 2.06 bits per heavy atom. The highest BCUT2D eigenvalue weighted by Crippen LogP contribution is 2.30. The van der Waals surface area contributed by atoms with Gasteiger partial charge in [0.15, 0.2) is 0 Å². The van der Waals surface area contributed by atoms with Crippen LogP contribution in [0.1, 0.15) is 23.4 Å². The molecule has 0 saturated carbocycles. The number of rotatable bonds is 3. The van der Waals surface area contributed by atoms with E-state index in [1.54, 1.807) is 11.3 Å². The van der Waals surface area contributed by atoms with Crippen molar-refractivity contribution < 1.29 is 0 Å². The van der Waals surface area contributed by atoms with Crippen molar-refractivity contribution in [3.63, 3.8) is 0 Å². The quantitative estimate of drug-likeness (QED) is 0.820. The molecular weight excluding hydrogens is 238 g/mol. The van der Waals surface area contributed by atoms with E-state index in [1.165, 1.54) is 10.4 Å². The molecule has 0 saturated heterocycles. The zero-order valence-corrected chi connectivity index (χ0v) is 10.9. The fourth-order valence-corrected chi connectivity index (χ4v) is 2.65. The van der Waals surface area contributed by atoms with E-state index in [1.807, 2.05) is 12.1 Å². The predicted molar refractivity (Wildman–Crippen MR) is 72.5 cm³/mol. The molecule has 1 aromatic heterocycles. The number of thiophene rings is 1. The molecule has 0 aliphatic rings. The first kappa shape index (κ1) is 11.5. The van der Waals surface area contributed by atoms with E-state index in [-0.39, 0.29) is 0 Å². The summed E-state index contributed by atoms with van der Waals surface area (Å²) < 4.78 is 0. The van der Waals surface area contributed by atoms with Crippen LogP contribution in [0.15, 0.2) is 35.7 Å². The van der Waals surface area contributed by atoms with E-state index in [2.05, 4.69) is 42.7 Å². The molecule has 0 bridgehead atoms. The number of para-hydroxylation sites is 1. The lowest BCUT2D eigenvalue weighted by molar-refractivity contribution is 0.906. The van der Waals surface area contributed by atoms with Gasteiger partial charge >= 0.3 is 0 Å². The molecule has 2 aromatic rings. The third-order valence-electron chi connectivity index (χ3n) is 2.55. The van der Waals surface area contributed by atoms with Crippen LogP contribution in [0, 0.1) is 6.92 Å². The lowest BCUT2D eigenvalue weighted by atomic mass is 10.1. The maximum absolute atomic E-state index is 6.18. The summed E-state index contributed by atoms with van der Waals surface area (Å²) in [5.74, 6) is 0. The summed E-state index contributed by atoms with van der Waals surface area (Å²) in [5, 5.41) is 6.33. The Morgan fingerprint density at radius 3 is 2.69 bits per heavy atom. The second-order valence-corrected chi connectivity index (χ2v) is 5.20. The van der Waals surface area contributed by atoms with Crippen molar-refractivity contribution in [1.29, 1.82) is 0 Å². The Morgan fingerprint density at radius 1 is 1.25 bits per heavy atom. The van der Waals surface area contributed by atoms with Crippen molar-refractivity contribution in [2.75, 3.05) is 5.32 Å². The zero-order valence-electron chi connectivity index (χ0n) is 9.33. The van der Waals surface area contributed by atoms with E-state index < -0.39 is 0 Å². The van der Waals surface area contributed by atoms with Crippen LogP contribution in [-0.2, 0) is 0 Å². The average Bonchev–Trinajstić information content (AvgIpc) is 2.76. The largest absolute Gasteiger partial charge is 0.376 e. The molecule has 1 N–H and O–H groups in total. The first-order valence-corrected chi connectivity index (χ1v) is 6.49. The second kappa shape index (κ2) is 4.89. The van der Waals surface area contributed by atoms with Crippen LogP contribution in [0.4, 0.5) is 5.69 Å². The van der Waals surface area contributed by atoms with Gasteiger partial charge in [-0.1, -0.05) is 29.8 Å². The molecule has 1 unspecified atom stereocenters. The van der Waals surface area contributed by atoms with Gasteiger partial charge in [0.2, 0.25) is 0 Å². The molecule has 3 heteroatoms. The summed E-state index contributed by atoms with van der Waals surface area (Å²) in [6.45, 7) is 4.21. The summed E-state index contributed by atoms with van der Waals surface area (Å²) >= 11 is 7.93. The summed E-state index contributed by atoms with van der Waals surface area (Å²) in [4.78, 5) is 1.32. The van der Waals surface area contributed by atoms with Gasteiger partial charge in [-0.2, -0.15) is 0 Å². The molecule has 0 radical (unpaired) electrons. The Hall–Kier alpha value is -0.990. The molecular formula is C13H14ClNS. The van der Waals surface area contributed by atoms with Crippen molar-refractivity contribution in [2.24, 2.45) is 0 Å². The number of anilines is 1. The molecule has 2 rings (SSSR count). The van der Waals surface area contributed by atoms with Crippen LogP contribution in [-0.4, -0.2) is 0 Å². The van der Waals surface area contributed by atoms with Gasteiger partial charge in [0.25, 0.3) is 0 Å². The first-order valence-electron chi connectivity index (χ1n) is 5.23. The normalized spacial score (nSPS) is 12.4. The molecule has 1 atom stereocenters. The number of nitrogens with one attached hydrogen (secondary N) is 1. The Bertz CT molecular complexity index is 445. The smallest absolute Gasteiger partial charge is 0.0640 e.